The van der Waals surface area contributed by atoms with E-state index in [2.05, 4.69) is 5.10 Å². The van der Waals surface area contributed by atoms with Crippen molar-refractivity contribution in [2.45, 2.75) is 26.8 Å². The fourth-order valence-corrected chi connectivity index (χ4v) is 3.78. The summed E-state index contributed by atoms with van der Waals surface area (Å²) in [6, 6.07) is 17.7. The molecule has 1 aliphatic rings. The van der Waals surface area contributed by atoms with Crippen LogP contribution in [0.1, 0.15) is 32.9 Å². The number of hydrogen-bond acceptors (Lipinski definition) is 4. The van der Waals surface area contributed by atoms with E-state index < -0.39 is 5.97 Å². The van der Waals surface area contributed by atoms with E-state index in [0.717, 1.165) is 28.9 Å². The fourth-order valence-electron chi connectivity index (χ4n) is 3.78. The number of hydrogen-bond donors (Lipinski definition) is 0. The second-order valence-electron chi connectivity index (χ2n) is 7.19. The summed E-state index contributed by atoms with van der Waals surface area (Å²) in [5, 5.41) is 4.48. The van der Waals surface area contributed by atoms with Gasteiger partial charge in [0.05, 0.1) is 17.9 Å². The highest BCUT2D eigenvalue weighted by Crippen LogP contribution is 2.27. The molecule has 3 aromatic rings. The van der Waals surface area contributed by atoms with Gasteiger partial charge in [0.1, 0.15) is 5.56 Å². The van der Waals surface area contributed by atoms with Crippen LogP contribution in [0.4, 0.5) is 5.69 Å². The van der Waals surface area contributed by atoms with E-state index in [-0.39, 0.29) is 12.5 Å². The van der Waals surface area contributed by atoms with Gasteiger partial charge in [0.15, 0.2) is 6.61 Å². The van der Waals surface area contributed by atoms with Gasteiger partial charge in [-0.2, -0.15) is 5.10 Å². The number of anilines is 1. The lowest BCUT2D eigenvalue weighted by molar-refractivity contribution is -0.121. The van der Waals surface area contributed by atoms with Crippen LogP contribution in [0.2, 0.25) is 0 Å². The quantitative estimate of drug-likeness (QED) is 0.628. The van der Waals surface area contributed by atoms with Gasteiger partial charge < -0.3 is 9.64 Å². The van der Waals surface area contributed by atoms with E-state index in [1.165, 1.54) is 0 Å². The van der Waals surface area contributed by atoms with Gasteiger partial charge in [0, 0.05) is 12.2 Å². The summed E-state index contributed by atoms with van der Waals surface area (Å²) < 4.78 is 7.15. The number of ether oxygens (including phenoxy) is 1. The molecule has 6 heteroatoms. The van der Waals surface area contributed by atoms with Crippen molar-refractivity contribution < 1.29 is 14.3 Å². The van der Waals surface area contributed by atoms with E-state index >= 15 is 0 Å². The smallest absolute Gasteiger partial charge is 0.342 e. The van der Waals surface area contributed by atoms with Gasteiger partial charge >= 0.3 is 5.97 Å². The van der Waals surface area contributed by atoms with Crippen LogP contribution in [0.3, 0.4) is 0 Å². The minimum Gasteiger partial charge on any atom is -0.452 e. The monoisotopic (exact) mass is 389 g/mol. The molecule has 2 aromatic carbocycles. The number of carbonyl (C=O) groups is 2. The highest BCUT2D eigenvalue weighted by Gasteiger charge is 2.26. The number of nitrogens with zero attached hydrogens (tertiary/aromatic N) is 3. The standard InChI is InChI=1S/C23H23N3O3/c1-16-22(17(2)26(24-16)14-18-8-4-3-5-9-18)23(28)29-15-21(27)25-13-12-19-10-6-7-11-20(19)25/h3-11H,12-15H2,1-2H3. The van der Waals surface area contributed by atoms with Crippen molar-refractivity contribution in [1.29, 1.82) is 0 Å². The van der Waals surface area contributed by atoms with Crippen LogP contribution in [0.5, 0.6) is 0 Å². The molecule has 1 aliphatic heterocycles. The Kier molecular flexibility index (Phi) is 5.16. The van der Waals surface area contributed by atoms with E-state index in [9.17, 15) is 9.59 Å². The molecular formula is C23H23N3O3. The van der Waals surface area contributed by atoms with Crippen molar-refractivity contribution in [3.8, 4) is 0 Å². The van der Waals surface area contributed by atoms with Gasteiger partial charge in [-0.1, -0.05) is 48.5 Å². The fraction of sp³-hybridized carbons (Fsp3) is 0.261. The Balaban J connectivity index is 1.43. The molecule has 0 bridgehead atoms. The molecule has 29 heavy (non-hydrogen) atoms. The molecule has 1 aromatic heterocycles. The Hall–Kier alpha value is -3.41. The molecule has 0 spiro atoms. The Morgan fingerprint density at radius 2 is 1.76 bits per heavy atom. The van der Waals surface area contributed by atoms with Crippen molar-refractivity contribution in [3.05, 3.63) is 82.7 Å². The number of esters is 1. The molecule has 0 saturated heterocycles. The van der Waals surface area contributed by atoms with Gasteiger partial charge in [0.25, 0.3) is 5.91 Å². The summed E-state index contributed by atoms with van der Waals surface area (Å²) in [5.74, 6) is -0.726. The predicted octanol–water partition coefficient (Wildman–Crippen LogP) is 3.29. The van der Waals surface area contributed by atoms with Crippen molar-refractivity contribution in [2.24, 2.45) is 0 Å². The highest BCUT2D eigenvalue weighted by molar-refractivity contribution is 5.99. The van der Waals surface area contributed by atoms with Gasteiger partial charge in [-0.15, -0.1) is 0 Å². The molecule has 0 atom stereocenters. The van der Waals surface area contributed by atoms with Crippen LogP contribution in [-0.2, 0) is 22.5 Å². The topological polar surface area (TPSA) is 64.4 Å². The molecule has 2 heterocycles. The van der Waals surface area contributed by atoms with Crippen LogP contribution >= 0.6 is 0 Å². The maximum Gasteiger partial charge on any atom is 0.342 e. The van der Waals surface area contributed by atoms with Crippen LogP contribution in [-0.4, -0.2) is 34.8 Å². The van der Waals surface area contributed by atoms with Gasteiger partial charge in [0.2, 0.25) is 0 Å². The molecular weight excluding hydrogens is 366 g/mol. The van der Waals surface area contributed by atoms with Crippen LogP contribution in [0.25, 0.3) is 0 Å². The van der Waals surface area contributed by atoms with Crippen molar-refractivity contribution in [2.75, 3.05) is 18.1 Å². The van der Waals surface area contributed by atoms with Gasteiger partial charge in [-0.05, 0) is 37.5 Å². The predicted molar refractivity (Wildman–Crippen MR) is 110 cm³/mol. The first-order chi connectivity index (χ1) is 14.0. The Morgan fingerprint density at radius 1 is 1.03 bits per heavy atom. The Bertz CT molecular complexity index is 1060. The molecule has 0 fully saturated rings. The van der Waals surface area contributed by atoms with Crippen LogP contribution < -0.4 is 4.90 Å². The molecule has 148 valence electrons. The first-order valence-corrected chi connectivity index (χ1v) is 9.68. The summed E-state index contributed by atoms with van der Waals surface area (Å²) in [6.45, 7) is 4.53. The molecule has 4 rings (SSSR count). The van der Waals surface area contributed by atoms with E-state index in [0.29, 0.717) is 24.3 Å². The molecule has 0 unspecified atom stereocenters. The molecule has 0 aliphatic carbocycles. The van der Waals surface area contributed by atoms with Gasteiger partial charge in [-0.25, -0.2) is 4.79 Å². The zero-order valence-electron chi connectivity index (χ0n) is 16.6. The second kappa shape index (κ2) is 7.91. The number of benzene rings is 2. The SMILES string of the molecule is Cc1nn(Cc2ccccc2)c(C)c1C(=O)OCC(=O)N1CCc2ccccc21. The lowest BCUT2D eigenvalue weighted by Crippen LogP contribution is -2.33. The minimum atomic E-state index is -0.514. The average molecular weight is 389 g/mol. The number of para-hydroxylation sites is 1. The summed E-state index contributed by atoms with van der Waals surface area (Å²) in [6.07, 6.45) is 0.820. The van der Waals surface area contributed by atoms with Crippen molar-refractivity contribution in [1.82, 2.24) is 9.78 Å². The highest BCUT2D eigenvalue weighted by atomic mass is 16.5. The number of fused-ring (bicyclic) bond motifs is 1. The maximum absolute atomic E-state index is 12.7. The number of aryl methyl sites for hydroxylation is 1. The molecule has 6 nitrogen and oxygen atoms in total. The number of carbonyl (C=O) groups excluding carboxylic acids is 2. The molecule has 0 radical (unpaired) electrons. The largest absolute Gasteiger partial charge is 0.452 e. The van der Waals surface area contributed by atoms with Crippen LogP contribution in [0, 0.1) is 13.8 Å². The molecule has 0 N–H and O–H groups in total. The molecule has 1 amide bonds. The third kappa shape index (κ3) is 3.78. The first-order valence-electron chi connectivity index (χ1n) is 9.68. The Morgan fingerprint density at radius 3 is 2.55 bits per heavy atom. The third-order valence-corrected chi connectivity index (χ3v) is 5.28. The zero-order valence-corrected chi connectivity index (χ0v) is 16.6. The summed E-state index contributed by atoms with van der Waals surface area (Å²) >= 11 is 0. The number of aromatic nitrogens is 2. The second-order valence-corrected chi connectivity index (χ2v) is 7.19. The summed E-state index contributed by atoms with van der Waals surface area (Å²) in [5.41, 5.74) is 4.90. The lowest BCUT2D eigenvalue weighted by Gasteiger charge is -2.17. The first kappa shape index (κ1) is 18.9. The Labute approximate surface area is 169 Å². The van der Waals surface area contributed by atoms with Crippen molar-refractivity contribution in [3.63, 3.8) is 0 Å². The zero-order chi connectivity index (χ0) is 20.4. The lowest BCUT2D eigenvalue weighted by atomic mass is 10.2. The summed E-state index contributed by atoms with van der Waals surface area (Å²) in [4.78, 5) is 26.9. The number of rotatable bonds is 5. The summed E-state index contributed by atoms with van der Waals surface area (Å²) in [7, 11) is 0. The third-order valence-electron chi connectivity index (χ3n) is 5.28. The van der Waals surface area contributed by atoms with E-state index in [1.807, 2.05) is 61.5 Å². The normalized spacial score (nSPS) is 12.7. The molecule has 0 saturated carbocycles. The van der Waals surface area contributed by atoms with Crippen LogP contribution in [0.15, 0.2) is 54.6 Å². The maximum atomic E-state index is 12.7. The van der Waals surface area contributed by atoms with E-state index in [4.69, 9.17) is 4.74 Å². The van der Waals surface area contributed by atoms with Gasteiger partial charge in [-0.3, -0.25) is 9.48 Å². The van der Waals surface area contributed by atoms with E-state index in [1.54, 1.807) is 16.5 Å². The number of amides is 1. The average Bonchev–Trinajstić information content (AvgIpc) is 3.28. The van der Waals surface area contributed by atoms with Crippen molar-refractivity contribution >= 4 is 17.6 Å². The minimum absolute atomic E-state index is 0.213.